The minimum atomic E-state index is -0.807. The predicted octanol–water partition coefficient (Wildman–Crippen LogP) is 21.8. The van der Waals surface area contributed by atoms with E-state index in [1.54, 1.807) is 0 Å². The van der Waals surface area contributed by atoms with Gasteiger partial charge >= 0.3 is 17.9 Å². The Balaban J connectivity index is 4.35. The normalized spacial score (nSPS) is 13.0. The molecule has 0 aliphatic heterocycles. The van der Waals surface area contributed by atoms with E-state index in [4.69, 9.17) is 14.2 Å². The molecule has 0 aromatic heterocycles. The third-order valence-corrected chi connectivity index (χ3v) is 13.1. The van der Waals surface area contributed by atoms with E-state index in [1.165, 1.54) is 83.5 Å². The van der Waals surface area contributed by atoms with E-state index in [9.17, 15) is 14.4 Å². The standard InChI is InChI=1S/C71H116O6/c1-4-7-10-13-16-19-22-25-27-29-31-32-33-34-35-36-37-38-40-41-43-46-49-52-55-58-61-64-70(73)76-67-68(66-75-69(72)63-60-57-54-51-48-45-24-21-18-15-12-9-6-3)77-71(74)65-62-59-56-53-50-47-44-42-39-30-28-26-23-20-17-14-11-8-5-2/h7-8,10-12,15-17,19-21,24-28,31-32,39,42,47,50,68H,4-6,9,13-14,18,22-23,29-30,33-38,40-41,43-46,48-49,51-67H2,1-3H3/b10-7-,11-8-,15-12-,19-16-,20-17-,24-21-,27-25-,28-26-,32-31-,42-39-,50-47-. The summed E-state index contributed by atoms with van der Waals surface area (Å²) in [5, 5.41) is 0. The summed E-state index contributed by atoms with van der Waals surface area (Å²) >= 11 is 0. The van der Waals surface area contributed by atoms with Crippen LogP contribution in [0, 0.1) is 0 Å². The Kier molecular flexibility index (Phi) is 60.4. The van der Waals surface area contributed by atoms with Gasteiger partial charge in [0.1, 0.15) is 13.2 Å². The molecule has 77 heavy (non-hydrogen) atoms. The number of esters is 3. The van der Waals surface area contributed by atoms with Crippen molar-refractivity contribution in [1.82, 2.24) is 0 Å². The van der Waals surface area contributed by atoms with Crippen molar-refractivity contribution in [3.63, 3.8) is 0 Å². The van der Waals surface area contributed by atoms with Crippen LogP contribution in [-0.2, 0) is 28.6 Å². The van der Waals surface area contributed by atoms with Gasteiger partial charge < -0.3 is 14.2 Å². The molecule has 0 amide bonds. The summed E-state index contributed by atoms with van der Waals surface area (Å²) in [6.45, 7) is 6.32. The molecule has 0 aromatic rings. The Morgan fingerprint density at radius 1 is 0.273 bits per heavy atom. The summed E-state index contributed by atoms with van der Waals surface area (Å²) in [5.41, 5.74) is 0. The van der Waals surface area contributed by atoms with Gasteiger partial charge in [-0.3, -0.25) is 14.4 Å². The Hall–Kier alpha value is -4.45. The number of ether oxygens (including phenoxy) is 3. The highest BCUT2D eigenvalue weighted by Crippen LogP contribution is 2.16. The summed E-state index contributed by atoms with van der Waals surface area (Å²) in [4.78, 5) is 38.3. The van der Waals surface area contributed by atoms with Crippen LogP contribution in [-0.4, -0.2) is 37.2 Å². The number of carbonyl (C=O) groups is 3. The number of hydrogen-bond donors (Lipinski definition) is 0. The molecule has 1 atom stereocenters. The van der Waals surface area contributed by atoms with E-state index in [0.717, 1.165) is 154 Å². The second kappa shape index (κ2) is 64.1. The zero-order chi connectivity index (χ0) is 55.7. The molecule has 0 bridgehead atoms. The molecule has 0 radical (unpaired) electrons. The molecule has 0 aliphatic rings. The van der Waals surface area contributed by atoms with Crippen molar-refractivity contribution in [2.24, 2.45) is 0 Å². The minimum absolute atomic E-state index is 0.0991. The Bertz CT molecular complexity index is 1650. The molecule has 0 aromatic carbocycles. The van der Waals surface area contributed by atoms with Crippen molar-refractivity contribution >= 4 is 17.9 Å². The van der Waals surface area contributed by atoms with Crippen LogP contribution in [0.5, 0.6) is 0 Å². The molecule has 0 N–H and O–H groups in total. The molecule has 0 saturated heterocycles. The Morgan fingerprint density at radius 2 is 0.506 bits per heavy atom. The maximum absolute atomic E-state index is 12.9. The van der Waals surface area contributed by atoms with Crippen molar-refractivity contribution in [3.05, 3.63) is 134 Å². The first kappa shape index (κ1) is 72.5. The maximum Gasteiger partial charge on any atom is 0.306 e. The predicted molar refractivity (Wildman–Crippen MR) is 334 cm³/mol. The first-order chi connectivity index (χ1) is 38.0. The lowest BCUT2D eigenvalue weighted by molar-refractivity contribution is -0.167. The van der Waals surface area contributed by atoms with Crippen LogP contribution in [0.4, 0.5) is 0 Å². The smallest absolute Gasteiger partial charge is 0.306 e. The van der Waals surface area contributed by atoms with E-state index in [2.05, 4.69) is 154 Å². The van der Waals surface area contributed by atoms with Gasteiger partial charge in [-0.1, -0.05) is 264 Å². The van der Waals surface area contributed by atoms with Crippen molar-refractivity contribution in [2.45, 2.75) is 284 Å². The zero-order valence-corrected chi connectivity index (χ0v) is 49.9. The van der Waals surface area contributed by atoms with E-state index < -0.39 is 6.10 Å². The number of carbonyl (C=O) groups excluding carboxylic acids is 3. The fourth-order valence-corrected chi connectivity index (χ4v) is 8.44. The molecule has 0 rings (SSSR count). The third kappa shape index (κ3) is 62.3. The van der Waals surface area contributed by atoms with Gasteiger partial charge in [0.2, 0.25) is 0 Å². The SMILES string of the molecule is CC/C=C\C/C=C\C/C=C\C/C=C\C/C=C\CCCCCC(=O)OC(COC(=O)CCCCCCC/C=C\C/C=C\CCC)COC(=O)CCCCCCCCCCCCCCCC/C=C\C/C=C\C/C=C\C/C=C\CC. The molecule has 0 heterocycles. The van der Waals surface area contributed by atoms with Crippen LogP contribution in [0.1, 0.15) is 278 Å². The molecule has 436 valence electrons. The first-order valence-electron chi connectivity index (χ1n) is 31.7. The van der Waals surface area contributed by atoms with Crippen LogP contribution in [0.2, 0.25) is 0 Å². The van der Waals surface area contributed by atoms with Gasteiger partial charge in [0.15, 0.2) is 6.10 Å². The summed E-state index contributed by atoms with van der Waals surface area (Å²) in [6.07, 6.45) is 90.3. The molecular weight excluding hydrogens is 949 g/mol. The second-order valence-electron chi connectivity index (χ2n) is 20.5. The minimum Gasteiger partial charge on any atom is -0.462 e. The number of hydrogen-bond acceptors (Lipinski definition) is 6. The zero-order valence-electron chi connectivity index (χ0n) is 49.9. The van der Waals surface area contributed by atoms with Crippen molar-refractivity contribution in [2.75, 3.05) is 13.2 Å². The highest BCUT2D eigenvalue weighted by atomic mass is 16.6. The Labute approximate surface area is 475 Å². The molecule has 0 spiro atoms. The summed E-state index contributed by atoms with van der Waals surface area (Å²) in [6, 6.07) is 0. The third-order valence-electron chi connectivity index (χ3n) is 13.1. The lowest BCUT2D eigenvalue weighted by Gasteiger charge is -2.18. The molecule has 0 fully saturated rings. The molecule has 6 nitrogen and oxygen atoms in total. The monoisotopic (exact) mass is 1060 g/mol. The number of rotatable bonds is 56. The van der Waals surface area contributed by atoms with Gasteiger partial charge in [-0.2, -0.15) is 0 Å². The highest BCUT2D eigenvalue weighted by molar-refractivity contribution is 5.71. The average molecular weight is 1070 g/mol. The van der Waals surface area contributed by atoms with Gasteiger partial charge in [-0.25, -0.2) is 0 Å². The van der Waals surface area contributed by atoms with Gasteiger partial charge in [0.25, 0.3) is 0 Å². The van der Waals surface area contributed by atoms with Gasteiger partial charge in [0, 0.05) is 19.3 Å². The molecule has 0 saturated carbocycles. The topological polar surface area (TPSA) is 78.9 Å². The van der Waals surface area contributed by atoms with Crippen molar-refractivity contribution in [1.29, 1.82) is 0 Å². The molecule has 1 unspecified atom stereocenters. The fourth-order valence-electron chi connectivity index (χ4n) is 8.44. The summed E-state index contributed by atoms with van der Waals surface area (Å²) in [7, 11) is 0. The molecule has 6 heteroatoms. The first-order valence-corrected chi connectivity index (χ1v) is 31.7. The number of allylic oxidation sites excluding steroid dienone is 22. The van der Waals surface area contributed by atoms with Crippen LogP contribution in [0.3, 0.4) is 0 Å². The quantitative estimate of drug-likeness (QED) is 0.0261. The lowest BCUT2D eigenvalue weighted by Crippen LogP contribution is -2.30. The largest absolute Gasteiger partial charge is 0.462 e. The van der Waals surface area contributed by atoms with Crippen LogP contribution < -0.4 is 0 Å². The highest BCUT2D eigenvalue weighted by Gasteiger charge is 2.19. The Morgan fingerprint density at radius 3 is 0.805 bits per heavy atom. The van der Waals surface area contributed by atoms with Crippen LogP contribution in [0.15, 0.2) is 134 Å². The maximum atomic E-state index is 12.9. The summed E-state index contributed by atoms with van der Waals surface area (Å²) < 4.78 is 16.9. The summed E-state index contributed by atoms with van der Waals surface area (Å²) in [5.74, 6) is -0.945. The van der Waals surface area contributed by atoms with E-state index in [1.807, 2.05) is 0 Å². The fraction of sp³-hybridized carbons (Fsp3) is 0.648. The van der Waals surface area contributed by atoms with Crippen molar-refractivity contribution in [3.8, 4) is 0 Å². The second-order valence-corrected chi connectivity index (χ2v) is 20.5. The van der Waals surface area contributed by atoms with Gasteiger partial charge in [0.05, 0.1) is 0 Å². The van der Waals surface area contributed by atoms with Gasteiger partial charge in [-0.05, 0) is 128 Å². The lowest BCUT2D eigenvalue weighted by atomic mass is 10.0. The van der Waals surface area contributed by atoms with E-state index >= 15 is 0 Å². The van der Waals surface area contributed by atoms with Crippen molar-refractivity contribution < 1.29 is 28.6 Å². The molecule has 0 aliphatic carbocycles. The molecular formula is C71H116O6. The van der Waals surface area contributed by atoms with Crippen LogP contribution in [0.25, 0.3) is 0 Å². The van der Waals surface area contributed by atoms with E-state index in [-0.39, 0.29) is 37.5 Å². The number of unbranched alkanes of at least 4 members (excludes halogenated alkanes) is 23. The van der Waals surface area contributed by atoms with E-state index in [0.29, 0.717) is 12.8 Å². The average Bonchev–Trinajstić information content (AvgIpc) is 3.43. The van der Waals surface area contributed by atoms with Gasteiger partial charge in [-0.15, -0.1) is 0 Å². The van der Waals surface area contributed by atoms with Crippen LogP contribution >= 0.6 is 0 Å².